The number of nitrogens with two attached hydrogens (primary N) is 1. The molecule has 1 unspecified atom stereocenters. The second kappa shape index (κ2) is 5.96. The highest BCUT2D eigenvalue weighted by atomic mass is 32.1. The van der Waals surface area contributed by atoms with E-state index in [1.165, 1.54) is 17.1 Å². The fourth-order valence-electron chi connectivity index (χ4n) is 1.93. The van der Waals surface area contributed by atoms with Crippen LogP contribution in [-0.2, 0) is 11.8 Å². The van der Waals surface area contributed by atoms with E-state index < -0.39 is 0 Å². The van der Waals surface area contributed by atoms with Crippen molar-refractivity contribution >= 4 is 11.3 Å². The molecule has 0 fully saturated rings. The Labute approximate surface area is 110 Å². The molecule has 17 heavy (non-hydrogen) atoms. The van der Waals surface area contributed by atoms with Crippen LogP contribution >= 0.6 is 11.3 Å². The minimum absolute atomic E-state index is 0.158. The topological polar surface area (TPSA) is 38.9 Å². The highest BCUT2D eigenvalue weighted by Crippen LogP contribution is 2.26. The number of hydrogen-bond donors (Lipinski definition) is 1. The molecule has 3 heteroatoms. The molecule has 2 N–H and O–H groups in total. The molecule has 1 rings (SSSR count). The zero-order valence-corrected chi connectivity index (χ0v) is 12.6. The molecule has 1 aromatic heterocycles. The molecule has 0 saturated carbocycles. The van der Waals surface area contributed by atoms with Crippen LogP contribution in [0.15, 0.2) is 5.38 Å². The third-order valence-corrected chi connectivity index (χ3v) is 3.79. The molecule has 0 saturated heterocycles. The summed E-state index contributed by atoms with van der Waals surface area (Å²) in [7, 11) is 0. The van der Waals surface area contributed by atoms with Crippen LogP contribution in [0.5, 0.6) is 0 Å². The third kappa shape index (κ3) is 4.76. The van der Waals surface area contributed by atoms with Crippen molar-refractivity contribution in [3.8, 4) is 0 Å². The van der Waals surface area contributed by atoms with Gasteiger partial charge in [-0.25, -0.2) is 4.98 Å². The maximum atomic E-state index is 5.84. The average molecular weight is 254 g/mol. The van der Waals surface area contributed by atoms with Crippen molar-refractivity contribution < 1.29 is 0 Å². The van der Waals surface area contributed by atoms with Crippen LogP contribution in [0.4, 0.5) is 0 Å². The lowest BCUT2D eigenvalue weighted by Gasteiger charge is -2.16. The van der Waals surface area contributed by atoms with E-state index in [4.69, 9.17) is 10.7 Å². The zero-order chi connectivity index (χ0) is 13.1. The first-order chi connectivity index (χ1) is 7.82. The van der Waals surface area contributed by atoms with Gasteiger partial charge in [-0.05, 0) is 24.8 Å². The van der Waals surface area contributed by atoms with Crippen molar-refractivity contribution in [3.05, 3.63) is 16.1 Å². The molecular weight excluding hydrogens is 228 g/mol. The van der Waals surface area contributed by atoms with E-state index in [0.29, 0.717) is 11.8 Å². The molecule has 1 atom stereocenters. The Morgan fingerprint density at radius 3 is 2.41 bits per heavy atom. The number of hydrogen-bond acceptors (Lipinski definition) is 3. The van der Waals surface area contributed by atoms with E-state index >= 15 is 0 Å². The van der Waals surface area contributed by atoms with Crippen LogP contribution in [0.3, 0.4) is 0 Å². The monoisotopic (exact) mass is 254 g/mol. The van der Waals surface area contributed by atoms with Gasteiger partial charge in [0.1, 0.15) is 0 Å². The van der Waals surface area contributed by atoms with Crippen LogP contribution in [0.25, 0.3) is 0 Å². The molecule has 0 bridgehead atoms. The summed E-state index contributed by atoms with van der Waals surface area (Å²) < 4.78 is 0. The van der Waals surface area contributed by atoms with Crippen molar-refractivity contribution in [1.29, 1.82) is 0 Å². The highest BCUT2D eigenvalue weighted by Gasteiger charge is 2.19. The van der Waals surface area contributed by atoms with Gasteiger partial charge in [-0.15, -0.1) is 11.3 Å². The molecule has 1 aromatic rings. The largest absolute Gasteiger partial charge is 0.330 e. The molecule has 2 nitrogen and oxygen atoms in total. The SMILES string of the molecule is CC(C)CC(CN)Cc1nc(C(C)(C)C)cs1. The molecule has 0 spiro atoms. The minimum Gasteiger partial charge on any atom is -0.330 e. The van der Waals surface area contributed by atoms with Gasteiger partial charge < -0.3 is 5.73 Å². The quantitative estimate of drug-likeness (QED) is 0.872. The summed E-state index contributed by atoms with van der Waals surface area (Å²) in [6.07, 6.45) is 2.23. The predicted octanol–water partition coefficient (Wildman–Crippen LogP) is 3.60. The van der Waals surface area contributed by atoms with E-state index in [9.17, 15) is 0 Å². The van der Waals surface area contributed by atoms with Crippen LogP contribution in [0.2, 0.25) is 0 Å². The maximum absolute atomic E-state index is 5.84. The summed E-state index contributed by atoms with van der Waals surface area (Å²) in [5.74, 6) is 1.29. The fraction of sp³-hybridized carbons (Fsp3) is 0.786. The molecule has 1 heterocycles. The van der Waals surface area contributed by atoms with Gasteiger partial charge in [0.05, 0.1) is 10.7 Å². The third-order valence-electron chi connectivity index (χ3n) is 2.92. The maximum Gasteiger partial charge on any atom is 0.0931 e. The Bertz CT molecular complexity index is 336. The van der Waals surface area contributed by atoms with E-state index in [0.717, 1.165) is 13.0 Å². The summed E-state index contributed by atoms with van der Waals surface area (Å²) in [5, 5.41) is 3.43. The van der Waals surface area contributed by atoms with Gasteiger partial charge in [-0.3, -0.25) is 0 Å². The zero-order valence-electron chi connectivity index (χ0n) is 11.8. The van der Waals surface area contributed by atoms with Gasteiger partial charge in [0.2, 0.25) is 0 Å². The molecular formula is C14H26N2S. The molecule has 98 valence electrons. The Hall–Kier alpha value is -0.410. The lowest BCUT2D eigenvalue weighted by Crippen LogP contribution is -2.19. The van der Waals surface area contributed by atoms with Gasteiger partial charge in [0.25, 0.3) is 0 Å². The molecule has 0 aliphatic heterocycles. The molecule has 0 radical (unpaired) electrons. The van der Waals surface area contributed by atoms with Gasteiger partial charge in [0, 0.05) is 17.2 Å². The van der Waals surface area contributed by atoms with Crippen molar-refractivity contribution in [2.45, 2.75) is 52.9 Å². The number of rotatable bonds is 5. The minimum atomic E-state index is 0.158. The Morgan fingerprint density at radius 2 is 2.00 bits per heavy atom. The van der Waals surface area contributed by atoms with Gasteiger partial charge >= 0.3 is 0 Å². The van der Waals surface area contributed by atoms with Crippen LogP contribution in [0, 0.1) is 11.8 Å². The fourth-order valence-corrected chi connectivity index (χ4v) is 3.06. The number of nitrogens with zero attached hydrogens (tertiary/aromatic N) is 1. The van der Waals surface area contributed by atoms with Crippen molar-refractivity contribution in [2.75, 3.05) is 6.54 Å². The standard InChI is InChI=1S/C14H26N2S/c1-10(2)6-11(8-15)7-13-16-12(9-17-13)14(3,4)5/h9-11H,6-8,15H2,1-5H3. The van der Waals surface area contributed by atoms with Gasteiger partial charge in [-0.2, -0.15) is 0 Å². The lowest BCUT2D eigenvalue weighted by atomic mass is 9.93. The normalized spacial score (nSPS) is 14.3. The lowest BCUT2D eigenvalue weighted by molar-refractivity contribution is 0.413. The summed E-state index contributed by atoms with van der Waals surface area (Å²) in [6, 6.07) is 0. The first kappa shape index (κ1) is 14.7. The van der Waals surface area contributed by atoms with E-state index in [1.807, 2.05) is 0 Å². The second-order valence-electron chi connectivity index (χ2n) is 6.31. The molecule has 0 amide bonds. The van der Waals surface area contributed by atoms with Crippen molar-refractivity contribution in [2.24, 2.45) is 17.6 Å². The Morgan fingerprint density at radius 1 is 1.35 bits per heavy atom. The Balaban J connectivity index is 2.65. The van der Waals surface area contributed by atoms with E-state index in [-0.39, 0.29) is 5.41 Å². The van der Waals surface area contributed by atoms with Gasteiger partial charge in [0.15, 0.2) is 0 Å². The molecule has 0 aliphatic rings. The van der Waals surface area contributed by atoms with Gasteiger partial charge in [-0.1, -0.05) is 34.6 Å². The second-order valence-corrected chi connectivity index (χ2v) is 7.25. The molecule has 0 aromatic carbocycles. The van der Waals surface area contributed by atoms with Crippen LogP contribution < -0.4 is 5.73 Å². The van der Waals surface area contributed by atoms with Crippen LogP contribution in [0.1, 0.15) is 51.7 Å². The molecule has 0 aliphatic carbocycles. The smallest absolute Gasteiger partial charge is 0.0931 e. The van der Waals surface area contributed by atoms with Crippen LogP contribution in [-0.4, -0.2) is 11.5 Å². The average Bonchev–Trinajstić information content (AvgIpc) is 2.63. The summed E-state index contributed by atoms with van der Waals surface area (Å²) in [4.78, 5) is 4.74. The Kier molecular flexibility index (Phi) is 5.14. The summed E-state index contributed by atoms with van der Waals surface area (Å²) in [5.41, 5.74) is 7.20. The first-order valence-corrected chi connectivity index (χ1v) is 7.35. The predicted molar refractivity (Wildman–Crippen MR) is 76.5 cm³/mol. The van der Waals surface area contributed by atoms with E-state index in [1.54, 1.807) is 11.3 Å². The highest BCUT2D eigenvalue weighted by molar-refractivity contribution is 7.09. The number of thiazole rings is 1. The van der Waals surface area contributed by atoms with Crippen molar-refractivity contribution in [1.82, 2.24) is 4.98 Å². The summed E-state index contributed by atoms with van der Waals surface area (Å²) >= 11 is 1.78. The summed E-state index contributed by atoms with van der Waals surface area (Å²) in [6.45, 7) is 11.9. The first-order valence-electron chi connectivity index (χ1n) is 6.48. The van der Waals surface area contributed by atoms with Crippen molar-refractivity contribution in [3.63, 3.8) is 0 Å². The number of aromatic nitrogens is 1. The van der Waals surface area contributed by atoms with E-state index in [2.05, 4.69) is 40.0 Å².